The van der Waals surface area contributed by atoms with E-state index in [1.54, 1.807) is 53.1 Å². The lowest BCUT2D eigenvalue weighted by atomic mass is 9.91. The number of anilines is 3. The normalized spacial score (nSPS) is 22.0. The van der Waals surface area contributed by atoms with Crippen LogP contribution in [0.3, 0.4) is 0 Å². The first kappa shape index (κ1) is 40.2. The van der Waals surface area contributed by atoms with Crippen molar-refractivity contribution in [1.82, 2.24) is 34.6 Å². The van der Waals surface area contributed by atoms with E-state index in [9.17, 15) is 43.2 Å². The summed E-state index contributed by atoms with van der Waals surface area (Å²) in [6.07, 6.45) is -0.847. The smallest absolute Gasteiger partial charge is 0.327 e. The van der Waals surface area contributed by atoms with Crippen molar-refractivity contribution in [3.8, 4) is 11.5 Å². The number of likely N-dealkylation sites (N-methyl/N-ethyl adjacent to an activating group) is 1. The third-order valence-corrected chi connectivity index (χ3v) is 12.1. The molecule has 60 heavy (non-hydrogen) atoms. The van der Waals surface area contributed by atoms with Crippen molar-refractivity contribution in [2.45, 2.75) is 54.0 Å². The third-order valence-electron chi connectivity index (χ3n) is 11.2. The van der Waals surface area contributed by atoms with Crippen molar-refractivity contribution in [2.24, 2.45) is 5.14 Å². The predicted octanol–water partition coefficient (Wildman–Crippen LogP) is 1.46. The minimum atomic E-state index is -3.98. The molecule has 5 amide bonds. The number of aliphatic hydroxyl groups is 2. The highest BCUT2D eigenvalue weighted by Gasteiger charge is 2.51. The summed E-state index contributed by atoms with van der Waals surface area (Å²) in [6, 6.07) is 15.8. The fourth-order valence-electron chi connectivity index (χ4n) is 8.10. The minimum absolute atomic E-state index is 0.0237. The number of imidazole rings is 1. The topological polar surface area (TPSA) is 282 Å². The number of phenolic OH excluding ortho intramolecular Hbond substituents is 2. The second-order valence-electron chi connectivity index (χ2n) is 15.2. The van der Waals surface area contributed by atoms with Crippen molar-refractivity contribution >= 4 is 56.6 Å². The Balaban J connectivity index is 1.10. The van der Waals surface area contributed by atoms with Gasteiger partial charge in [0, 0.05) is 44.3 Å². The molecule has 3 aliphatic rings. The summed E-state index contributed by atoms with van der Waals surface area (Å²) in [5, 5.41) is 56.9. The number of imide groups is 1. The molecule has 21 heteroatoms. The highest BCUT2D eigenvalue weighted by molar-refractivity contribution is 7.89. The van der Waals surface area contributed by atoms with Gasteiger partial charge in [0.25, 0.3) is 5.91 Å². The minimum Gasteiger partial charge on any atom is -0.508 e. The Morgan fingerprint density at radius 2 is 1.62 bits per heavy atom. The van der Waals surface area contributed by atoms with Crippen LogP contribution in [0.4, 0.5) is 27.0 Å². The van der Waals surface area contributed by atoms with Crippen LogP contribution in [-0.2, 0) is 14.8 Å². The van der Waals surface area contributed by atoms with E-state index in [0.717, 1.165) is 16.0 Å². The molecule has 0 spiro atoms. The monoisotopic (exact) mass is 841 g/mol. The van der Waals surface area contributed by atoms with Crippen LogP contribution in [0.1, 0.15) is 35.9 Å². The maximum Gasteiger partial charge on any atom is 0.327 e. The van der Waals surface area contributed by atoms with E-state index in [2.05, 4.69) is 20.9 Å². The molecule has 2 aromatic heterocycles. The number of hydrogen-bond acceptors (Lipinski definition) is 14. The summed E-state index contributed by atoms with van der Waals surface area (Å²) in [7, 11) is -2.50. The van der Waals surface area contributed by atoms with Gasteiger partial charge in [0.05, 0.1) is 23.3 Å². The van der Waals surface area contributed by atoms with Gasteiger partial charge in [0.1, 0.15) is 30.3 Å². The molecule has 1 saturated carbocycles. The van der Waals surface area contributed by atoms with E-state index in [1.807, 2.05) is 4.90 Å². The third kappa shape index (κ3) is 7.94. The van der Waals surface area contributed by atoms with Gasteiger partial charge in [0.2, 0.25) is 16.0 Å². The number of sulfonamides is 1. The zero-order chi connectivity index (χ0) is 42.5. The van der Waals surface area contributed by atoms with Gasteiger partial charge < -0.3 is 50.7 Å². The molecule has 5 atom stereocenters. The number of nitrogens with zero attached hydrogens (tertiary/aromatic N) is 7. The van der Waals surface area contributed by atoms with Crippen molar-refractivity contribution in [3.05, 3.63) is 90.3 Å². The lowest BCUT2D eigenvalue weighted by molar-refractivity contribution is -0.128. The van der Waals surface area contributed by atoms with Crippen LogP contribution in [-0.4, -0.2) is 134 Å². The average molecular weight is 842 g/mol. The molecule has 1 aliphatic carbocycles. The number of rotatable bonds is 11. The number of urea groups is 2. The Kier molecular flexibility index (Phi) is 10.7. The maximum absolute atomic E-state index is 13.0. The van der Waals surface area contributed by atoms with Gasteiger partial charge in [-0.3, -0.25) is 9.69 Å². The van der Waals surface area contributed by atoms with Crippen LogP contribution in [0.5, 0.6) is 11.5 Å². The van der Waals surface area contributed by atoms with Crippen LogP contribution in [0.25, 0.3) is 11.2 Å². The number of nitrogens with two attached hydrogens (primary N) is 1. The van der Waals surface area contributed by atoms with Crippen molar-refractivity contribution < 1.29 is 43.2 Å². The molecule has 9 N–H and O–H groups in total. The van der Waals surface area contributed by atoms with Gasteiger partial charge in [-0.2, -0.15) is 9.97 Å². The molecule has 0 bridgehead atoms. The maximum atomic E-state index is 13.0. The second kappa shape index (κ2) is 15.9. The molecule has 4 heterocycles. The number of nitrogens with one attached hydrogen (secondary N) is 3. The standard InChI is InChI=1S/C39H43N11O9S/c1-47-19-31(53)50(39(47)57)30-16-29(33(54)34(30)55)49-20-42-32-35(41-17-28(21-5-9-25(51)10-6-21)22-7-11-26(52)12-8-22)45-37(46-36(32)49)48-14-13-24(18-48)44-38(56)43-23-3-2-4-27(15-23)60(40,58)59/h2-12,15,20,24,28-30,33-34,51-52,54-55H,13-14,16-19H2,1H3,(H2,40,58,59)(H,41,45,46)(H2,43,44,56)/t24?,29-,30+,33+,34-/m1/s1. The van der Waals surface area contributed by atoms with E-state index in [1.165, 1.54) is 42.5 Å². The molecule has 2 saturated heterocycles. The quantitative estimate of drug-likeness (QED) is 0.0875. The number of phenols is 2. The highest BCUT2D eigenvalue weighted by atomic mass is 32.2. The zero-order valence-electron chi connectivity index (χ0n) is 32.2. The average Bonchev–Trinajstić information content (AvgIpc) is 3.98. The molecular formula is C39H43N11O9S. The number of aromatic hydroxyl groups is 2. The number of carbonyl (C=O) groups is 3. The first-order chi connectivity index (χ1) is 28.6. The molecule has 1 unspecified atom stereocenters. The van der Waals surface area contributed by atoms with E-state index in [-0.39, 0.29) is 66.0 Å². The zero-order valence-corrected chi connectivity index (χ0v) is 33.0. The fourth-order valence-corrected chi connectivity index (χ4v) is 8.66. The number of benzene rings is 3. The van der Waals surface area contributed by atoms with E-state index < -0.39 is 52.3 Å². The Morgan fingerprint density at radius 3 is 2.25 bits per heavy atom. The van der Waals surface area contributed by atoms with Gasteiger partial charge >= 0.3 is 12.1 Å². The summed E-state index contributed by atoms with van der Waals surface area (Å²) in [5.74, 6) is 0.0135. The Labute approximate surface area is 343 Å². The molecule has 20 nitrogen and oxygen atoms in total. The summed E-state index contributed by atoms with van der Waals surface area (Å²) >= 11 is 0. The molecular weight excluding hydrogens is 799 g/mol. The second-order valence-corrected chi connectivity index (χ2v) is 16.7. The molecule has 8 rings (SSSR count). The lowest BCUT2D eigenvalue weighted by Gasteiger charge is -2.24. The van der Waals surface area contributed by atoms with Gasteiger partial charge in [-0.15, -0.1) is 0 Å². The number of amides is 5. The fraction of sp³-hybridized carbons (Fsp3) is 0.333. The van der Waals surface area contributed by atoms with Crippen LogP contribution in [0.2, 0.25) is 0 Å². The molecule has 5 aromatic rings. The largest absolute Gasteiger partial charge is 0.508 e. The number of fused-ring (bicyclic) bond motifs is 1. The Morgan fingerprint density at radius 1 is 0.950 bits per heavy atom. The summed E-state index contributed by atoms with van der Waals surface area (Å²) < 4.78 is 25.2. The van der Waals surface area contributed by atoms with Crippen molar-refractivity contribution in [3.63, 3.8) is 0 Å². The first-order valence-corrected chi connectivity index (χ1v) is 20.6. The Hall–Kier alpha value is -6.55. The van der Waals surface area contributed by atoms with E-state index in [4.69, 9.17) is 15.1 Å². The van der Waals surface area contributed by atoms with Crippen LogP contribution in [0, 0.1) is 0 Å². The number of hydrogen-bond donors (Lipinski definition) is 8. The SMILES string of the molecule is CN1CC(=O)N([C@H]2C[C@@H](n3cnc4c(NCC(c5ccc(O)cc5)c5ccc(O)cc5)nc(N5CCC(NC(=O)Nc6cccc(S(N)(=O)=O)c6)C5)nc43)[C@H](O)[C@@H]2O)C1=O. The highest BCUT2D eigenvalue weighted by Crippen LogP contribution is 2.38. The van der Waals surface area contributed by atoms with Gasteiger partial charge in [0.15, 0.2) is 17.0 Å². The number of aliphatic hydroxyl groups excluding tert-OH is 2. The van der Waals surface area contributed by atoms with Crippen LogP contribution < -0.4 is 26.0 Å². The van der Waals surface area contributed by atoms with Crippen molar-refractivity contribution in [2.75, 3.05) is 48.8 Å². The first-order valence-electron chi connectivity index (χ1n) is 19.1. The summed E-state index contributed by atoms with van der Waals surface area (Å²) in [5.41, 5.74) is 2.58. The summed E-state index contributed by atoms with van der Waals surface area (Å²) in [6.45, 7) is 0.836. The van der Waals surface area contributed by atoms with E-state index in [0.29, 0.717) is 29.9 Å². The number of carbonyl (C=O) groups excluding carboxylic acids is 3. The van der Waals surface area contributed by atoms with E-state index >= 15 is 0 Å². The number of aromatic nitrogens is 4. The predicted molar refractivity (Wildman–Crippen MR) is 217 cm³/mol. The lowest BCUT2D eigenvalue weighted by Crippen LogP contribution is -2.47. The number of primary sulfonamides is 1. The van der Waals surface area contributed by atoms with Crippen molar-refractivity contribution in [1.29, 1.82) is 0 Å². The molecule has 3 fully saturated rings. The van der Waals surface area contributed by atoms with Crippen LogP contribution >= 0.6 is 0 Å². The molecule has 0 radical (unpaired) electrons. The summed E-state index contributed by atoms with van der Waals surface area (Å²) in [4.78, 5) is 57.1. The Bertz CT molecular complexity index is 2510. The van der Waals surface area contributed by atoms with Crippen LogP contribution in [0.15, 0.2) is 84.0 Å². The van der Waals surface area contributed by atoms with Gasteiger partial charge in [-0.25, -0.2) is 28.1 Å². The molecule has 314 valence electrons. The van der Waals surface area contributed by atoms with Gasteiger partial charge in [-0.05, 0) is 66.4 Å². The molecule has 2 aliphatic heterocycles. The van der Waals surface area contributed by atoms with Gasteiger partial charge in [-0.1, -0.05) is 30.3 Å². The molecule has 3 aromatic carbocycles.